The number of halogens is 5. The van der Waals surface area contributed by atoms with Crippen LogP contribution in [0.4, 0.5) is 50.8 Å². The van der Waals surface area contributed by atoms with Crippen molar-refractivity contribution in [2.24, 2.45) is 7.05 Å². The number of ether oxygens (including phenoxy) is 1. The predicted octanol–water partition coefficient (Wildman–Crippen LogP) is 8.35. The number of anilines is 5. The second-order valence-corrected chi connectivity index (χ2v) is 22.6. The molecule has 6 aromatic rings. The van der Waals surface area contributed by atoms with Crippen molar-refractivity contribution in [1.82, 2.24) is 39.8 Å². The molecule has 1 aliphatic carbocycles. The molecule has 6 heterocycles. The number of nitrogens with one attached hydrogen (secondary N) is 3. The molecule has 2 amide bonds. The number of amides is 2. The largest absolute Gasteiger partial charge is 0.488 e. The van der Waals surface area contributed by atoms with Crippen LogP contribution in [0.5, 0.6) is 5.75 Å². The number of carbonyl (C=O) groups excluding carboxylic acids is 2. The molecule has 3 N–H and O–H groups in total. The lowest BCUT2D eigenvalue weighted by atomic mass is 9.89. The third-order valence-electron chi connectivity index (χ3n) is 14.0. The van der Waals surface area contributed by atoms with E-state index in [1.807, 2.05) is 25.4 Å². The summed E-state index contributed by atoms with van der Waals surface area (Å²) in [6.45, 7) is 8.58. The van der Waals surface area contributed by atoms with Gasteiger partial charge in [0.15, 0.2) is 0 Å². The number of piperazine rings is 1. The molecule has 21 heteroatoms. The number of hydrogen-bond donors (Lipinski definition) is 3. The number of benzene rings is 3. The van der Waals surface area contributed by atoms with Gasteiger partial charge in [-0.15, -0.1) is 0 Å². The van der Waals surface area contributed by atoms with Crippen molar-refractivity contribution in [3.05, 3.63) is 102 Å². The molecule has 4 aliphatic rings. The van der Waals surface area contributed by atoms with E-state index in [2.05, 4.69) is 50.7 Å². The molecule has 3 saturated heterocycles. The number of pyridine rings is 1. The average molecular weight is 1010 g/mol. The Morgan fingerprint density at radius 3 is 2.26 bits per heavy atom. The van der Waals surface area contributed by atoms with Crippen molar-refractivity contribution in [3.8, 4) is 16.9 Å². The Bertz CT molecular complexity index is 3070. The normalized spacial score (nSPS) is 18.7. The van der Waals surface area contributed by atoms with Gasteiger partial charge in [0.25, 0.3) is 0 Å². The first-order chi connectivity index (χ1) is 34.4. The first kappa shape index (κ1) is 49.1. The second kappa shape index (κ2) is 19.8. The summed E-state index contributed by atoms with van der Waals surface area (Å²) in [7, 11) is -1.23. The fraction of sp³-hybridized carbons (Fsp3) is 0.412. The molecular weight excluding hydrogens is 957 g/mol. The quantitative estimate of drug-likeness (QED) is 0.0543. The monoisotopic (exact) mass is 1010 g/mol. The Balaban J connectivity index is 0.841. The number of nitrogens with zero attached hydrogens (tertiary/aromatic N) is 8. The van der Waals surface area contributed by atoms with Gasteiger partial charge in [-0.25, -0.2) is 13.8 Å². The van der Waals surface area contributed by atoms with Gasteiger partial charge in [-0.3, -0.25) is 29.5 Å². The number of imide groups is 1. The lowest BCUT2D eigenvalue weighted by Gasteiger charge is -2.43. The number of aryl methyl sites for hydroxylation is 1. The number of fused-ring (bicyclic) bond motifs is 1. The van der Waals surface area contributed by atoms with Crippen LogP contribution in [-0.2, 0) is 33.8 Å². The summed E-state index contributed by atoms with van der Waals surface area (Å²) < 4.78 is 96.1. The van der Waals surface area contributed by atoms with Gasteiger partial charge in [0, 0.05) is 117 Å². The van der Waals surface area contributed by atoms with E-state index in [9.17, 15) is 27.3 Å². The van der Waals surface area contributed by atoms with Crippen LogP contribution < -0.4 is 30.9 Å². The summed E-state index contributed by atoms with van der Waals surface area (Å²) in [6.07, 6.45) is 5.02. The maximum atomic E-state index is 15.2. The van der Waals surface area contributed by atoms with E-state index in [1.165, 1.54) is 18.3 Å². The van der Waals surface area contributed by atoms with Crippen LogP contribution in [0.15, 0.2) is 73.3 Å². The highest BCUT2D eigenvalue weighted by atomic mass is 31.2. The molecule has 1 saturated carbocycles. The highest BCUT2D eigenvalue weighted by molar-refractivity contribution is 7.71. The molecule has 0 spiro atoms. The number of aromatic nitrogens is 5. The molecule has 1 unspecified atom stereocenters. The van der Waals surface area contributed by atoms with Gasteiger partial charge in [-0.2, -0.15) is 23.3 Å². The van der Waals surface area contributed by atoms with Gasteiger partial charge >= 0.3 is 6.18 Å². The molecule has 3 aromatic heterocycles. The number of carbonyl (C=O) groups is 2. The van der Waals surface area contributed by atoms with Gasteiger partial charge in [-0.1, -0.05) is 18.2 Å². The van der Waals surface area contributed by atoms with E-state index in [-0.39, 0.29) is 36.1 Å². The lowest BCUT2D eigenvalue weighted by molar-refractivity contribution is -0.137. The third-order valence-corrected chi connectivity index (χ3v) is 15.5. The van der Waals surface area contributed by atoms with Gasteiger partial charge in [0.1, 0.15) is 35.9 Å². The molecule has 4 fully saturated rings. The van der Waals surface area contributed by atoms with Crippen molar-refractivity contribution in [3.63, 3.8) is 0 Å². The van der Waals surface area contributed by atoms with Crippen molar-refractivity contribution in [1.29, 1.82) is 0 Å². The smallest absolute Gasteiger partial charge is 0.421 e. The van der Waals surface area contributed by atoms with Crippen molar-refractivity contribution >= 4 is 64.0 Å². The summed E-state index contributed by atoms with van der Waals surface area (Å²) in [5, 5.41) is 13.6. The zero-order valence-electron chi connectivity index (χ0n) is 40.1. The molecule has 10 rings (SSSR count). The number of alkyl halides is 3. The van der Waals surface area contributed by atoms with Gasteiger partial charge < -0.3 is 29.7 Å². The first-order valence-electron chi connectivity index (χ1n) is 24.2. The Kier molecular flexibility index (Phi) is 13.5. The van der Waals surface area contributed by atoms with Crippen molar-refractivity contribution < 1.29 is 40.8 Å². The fourth-order valence-corrected chi connectivity index (χ4v) is 11.6. The van der Waals surface area contributed by atoms with E-state index < -0.39 is 54.1 Å². The molecule has 3 aromatic carbocycles. The summed E-state index contributed by atoms with van der Waals surface area (Å²) >= 11 is 0. The molecule has 72 heavy (non-hydrogen) atoms. The maximum absolute atomic E-state index is 15.2. The standard InChI is InChI=1S/C51H55F5N11O4P/c1-64-29-31(26-59-64)36-24-41(61-50-58-27-37(51(54,55)56)48(63-50)60-42-28-57-40-7-5-4-6-34(40)47(42)72(2,3)70)44(71-33-8-9-33)25-43(36)67-16-13-32(14-17-67)66-20-18-65(19-21-66)15-12-30-22-38(52)46(39(53)23-30)35-10-11-45(68)62-49(35)69/h4-7,22-29,32-33,35H,8-21H2,1-3H3,(H,62,68,69)(H2,58,60,61,63). The van der Waals surface area contributed by atoms with Crippen LogP contribution in [0.2, 0.25) is 0 Å². The molecule has 0 bridgehead atoms. The van der Waals surface area contributed by atoms with E-state index in [0.29, 0.717) is 52.2 Å². The minimum Gasteiger partial charge on any atom is -0.488 e. The maximum Gasteiger partial charge on any atom is 0.421 e. The lowest BCUT2D eigenvalue weighted by Crippen LogP contribution is -2.53. The van der Waals surface area contributed by atoms with Gasteiger partial charge in [0.05, 0.1) is 41.3 Å². The van der Waals surface area contributed by atoms with Gasteiger partial charge in [-0.05, 0) is 81.7 Å². The first-order valence-corrected chi connectivity index (χ1v) is 26.8. The molecule has 3 aliphatic heterocycles. The van der Waals surface area contributed by atoms with Gasteiger partial charge in [0.2, 0.25) is 17.8 Å². The topological polar surface area (TPSA) is 163 Å². The second-order valence-electron chi connectivity index (χ2n) is 19.5. The SMILES string of the molecule is Cn1cc(-c2cc(Nc3ncc(C(F)(F)F)c(Nc4cnc5ccccc5c4P(C)(C)=O)n3)c(OC3CC3)cc2N2CCC(N3CCN(CCc4cc(F)c(C5CCC(=O)NC5=O)c(F)c4)CC3)CC2)cn1. The number of hydrogen-bond acceptors (Lipinski definition) is 13. The van der Waals surface area contributed by atoms with E-state index in [0.717, 1.165) is 88.0 Å². The summed E-state index contributed by atoms with van der Waals surface area (Å²) in [6, 6.07) is 13.9. The van der Waals surface area contributed by atoms with E-state index in [1.54, 1.807) is 48.5 Å². The summed E-state index contributed by atoms with van der Waals surface area (Å²) in [5.74, 6) is -3.83. The number of piperidine rings is 2. The molecule has 1 atom stereocenters. The average Bonchev–Trinajstić information content (AvgIpc) is 4.06. The zero-order chi connectivity index (χ0) is 50.5. The summed E-state index contributed by atoms with van der Waals surface area (Å²) in [4.78, 5) is 44.0. The van der Waals surface area contributed by atoms with Crippen molar-refractivity contribution in [2.75, 3.05) is 74.7 Å². The van der Waals surface area contributed by atoms with Crippen LogP contribution in [0.1, 0.15) is 61.1 Å². The van der Waals surface area contributed by atoms with E-state index >= 15 is 8.78 Å². The van der Waals surface area contributed by atoms with Crippen molar-refractivity contribution in [2.45, 2.75) is 69.2 Å². The Labute approximate surface area is 412 Å². The van der Waals surface area contributed by atoms with E-state index in [4.69, 9.17) is 4.74 Å². The van der Waals surface area contributed by atoms with Crippen LogP contribution >= 0.6 is 7.14 Å². The molecular formula is C51H55F5N11O4P. The minimum atomic E-state index is -4.82. The third kappa shape index (κ3) is 10.7. The van der Waals surface area contributed by atoms with Crippen LogP contribution in [0, 0.1) is 11.6 Å². The molecule has 378 valence electrons. The number of rotatable bonds is 14. The summed E-state index contributed by atoms with van der Waals surface area (Å²) in [5.41, 5.74) is 2.89. The molecule has 15 nitrogen and oxygen atoms in total. The molecule has 0 radical (unpaired) electrons. The fourth-order valence-electron chi connectivity index (χ4n) is 10.2. The highest BCUT2D eigenvalue weighted by Crippen LogP contribution is 2.45. The predicted molar refractivity (Wildman–Crippen MR) is 265 cm³/mol. The van der Waals surface area contributed by atoms with Crippen LogP contribution in [0.3, 0.4) is 0 Å². The zero-order valence-corrected chi connectivity index (χ0v) is 41.0. The number of para-hydroxylation sites is 1. The minimum absolute atomic E-state index is 0.0247. The Morgan fingerprint density at radius 1 is 0.861 bits per heavy atom. The highest BCUT2D eigenvalue weighted by Gasteiger charge is 2.37. The Morgan fingerprint density at radius 2 is 1.60 bits per heavy atom. The Hall–Kier alpha value is -6.50. The van der Waals surface area contributed by atoms with Crippen LogP contribution in [0.25, 0.3) is 22.0 Å². The van der Waals surface area contributed by atoms with Crippen LogP contribution in [-0.4, -0.2) is 118 Å².